The molecule has 6 rings (SSSR count). The van der Waals surface area contributed by atoms with E-state index in [0.29, 0.717) is 40.7 Å². The lowest BCUT2D eigenvalue weighted by Crippen LogP contribution is -2.22. The van der Waals surface area contributed by atoms with Gasteiger partial charge in [0.25, 0.3) is 0 Å². The first kappa shape index (κ1) is 60.7. The lowest BCUT2D eigenvalue weighted by atomic mass is 10.1. The number of fused-ring (bicyclic) bond motifs is 1. The third-order valence-electron chi connectivity index (χ3n) is 12.6. The first-order valence-electron chi connectivity index (χ1n) is 26.4. The third-order valence-corrected chi connectivity index (χ3v) is 12.6. The van der Waals surface area contributed by atoms with Crippen LogP contribution in [0, 0.1) is 0 Å². The number of aryl methyl sites for hydroxylation is 2. The highest BCUT2D eigenvalue weighted by Crippen LogP contribution is 2.28. The number of hydrogen-bond acceptors (Lipinski definition) is 12. The maximum absolute atomic E-state index is 10.7. The van der Waals surface area contributed by atoms with E-state index in [1.54, 1.807) is 42.5 Å². The third kappa shape index (κ3) is 24.0. The number of aliphatic hydroxyl groups excluding tert-OH is 4. The van der Waals surface area contributed by atoms with Crippen molar-refractivity contribution in [3.63, 3.8) is 0 Å². The number of unbranched alkanes of at least 4 members (excludes halogenated alkanes) is 8. The van der Waals surface area contributed by atoms with E-state index < -0.39 is 18.2 Å². The topological polar surface area (TPSA) is 221 Å². The predicted molar refractivity (Wildman–Crippen MR) is 294 cm³/mol. The fourth-order valence-electron chi connectivity index (χ4n) is 8.19. The van der Waals surface area contributed by atoms with Crippen LogP contribution in [-0.4, -0.2) is 99.4 Å². The molecule has 0 aromatic heterocycles. The number of nitrogens with one attached hydrogen (secondary N) is 2. The van der Waals surface area contributed by atoms with Gasteiger partial charge in [-0.05, 0) is 135 Å². The van der Waals surface area contributed by atoms with Crippen molar-refractivity contribution in [1.29, 1.82) is 0 Å². The Bertz CT molecular complexity index is 2300. The van der Waals surface area contributed by atoms with Crippen LogP contribution in [0.3, 0.4) is 0 Å². The number of rotatable bonds is 33. The van der Waals surface area contributed by atoms with Crippen molar-refractivity contribution in [2.24, 2.45) is 0 Å². The van der Waals surface area contributed by atoms with Crippen LogP contribution in [-0.2, 0) is 35.5 Å². The van der Waals surface area contributed by atoms with Gasteiger partial charge in [0, 0.05) is 56.0 Å². The summed E-state index contributed by atoms with van der Waals surface area (Å²) in [4.78, 5) is 10.7. The Morgan fingerprint density at radius 2 is 0.892 bits per heavy atom. The molecule has 2 unspecified atom stereocenters. The monoisotopic (exact) mass is 1020 g/mol. The van der Waals surface area contributed by atoms with E-state index in [4.69, 9.17) is 14.6 Å². The Morgan fingerprint density at radius 1 is 0.473 bits per heavy atom. The number of carbonyl (C=O) groups is 1. The SMILES string of the molecule is O=C(O)c1ccc2ccccc2c1O.OCc1cc(C(O)CNCCCCCCOCCCCc2ccccc2)ccc1O.OCc1cc(C(O)CNCCCCCCOCCCCc2ccccc2)ccc1O. The Morgan fingerprint density at radius 3 is 1.34 bits per heavy atom. The lowest BCUT2D eigenvalue weighted by molar-refractivity contribution is 0.0694. The molecule has 0 heterocycles. The summed E-state index contributed by atoms with van der Waals surface area (Å²) in [5.74, 6) is -1.18. The summed E-state index contributed by atoms with van der Waals surface area (Å²) in [6.45, 7) is 5.54. The van der Waals surface area contributed by atoms with Gasteiger partial charge in [0.15, 0.2) is 0 Å². The van der Waals surface area contributed by atoms with Crippen molar-refractivity contribution < 1.29 is 55.1 Å². The molecular weight excluding hydrogens is 937 g/mol. The molecule has 10 N–H and O–H groups in total. The van der Waals surface area contributed by atoms with Gasteiger partial charge in [-0.15, -0.1) is 0 Å². The van der Waals surface area contributed by atoms with Crippen LogP contribution < -0.4 is 10.6 Å². The molecule has 0 saturated heterocycles. The molecule has 0 bridgehead atoms. The van der Waals surface area contributed by atoms with Crippen molar-refractivity contribution >= 4 is 16.7 Å². The highest BCUT2D eigenvalue weighted by Gasteiger charge is 2.13. The number of carboxylic acid groups (broad SMARTS) is 1. The van der Waals surface area contributed by atoms with Gasteiger partial charge < -0.3 is 61.0 Å². The van der Waals surface area contributed by atoms with Crippen molar-refractivity contribution in [2.45, 2.75) is 115 Å². The van der Waals surface area contributed by atoms with Crippen LogP contribution in [0.1, 0.15) is 133 Å². The number of hydrogen-bond donors (Lipinski definition) is 10. The van der Waals surface area contributed by atoms with Crippen molar-refractivity contribution in [2.75, 3.05) is 52.6 Å². The Labute approximate surface area is 438 Å². The minimum absolute atomic E-state index is 0.0533. The number of aromatic carboxylic acids is 1. The summed E-state index contributed by atoms with van der Waals surface area (Å²) in [6.07, 6.45) is 14.5. The van der Waals surface area contributed by atoms with E-state index in [-0.39, 0.29) is 36.0 Å². The van der Waals surface area contributed by atoms with Gasteiger partial charge in [-0.3, -0.25) is 0 Å². The zero-order valence-electron chi connectivity index (χ0n) is 43.1. The van der Waals surface area contributed by atoms with Crippen LogP contribution in [0.2, 0.25) is 0 Å². The van der Waals surface area contributed by atoms with E-state index in [2.05, 4.69) is 71.3 Å². The quantitative estimate of drug-likeness (QED) is 0.0174. The van der Waals surface area contributed by atoms with Gasteiger partial charge in [0.05, 0.1) is 25.4 Å². The molecule has 13 heteroatoms. The molecule has 0 radical (unpaired) electrons. The molecule has 13 nitrogen and oxygen atoms in total. The zero-order valence-corrected chi connectivity index (χ0v) is 43.1. The normalized spacial score (nSPS) is 11.8. The van der Waals surface area contributed by atoms with Gasteiger partial charge in [0.1, 0.15) is 22.8 Å². The van der Waals surface area contributed by atoms with Gasteiger partial charge >= 0.3 is 5.97 Å². The number of phenols is 3. The summed E-state index contributed by atoms with van der Waals surface area (Å²) >= 11 is 0. The van der Waals surface area contributed by atoms with E-state index in [1.165, 1.54) is 42.2 Å². The molecule has 0 saturated carbocycles. The molecule has 6 aromatic rings. The minimum atomic E-state index is -1.12. The van der Waals surface area contributed by atoms with Crippen LogP contribution in [0.4, 0.5) is 0 Å². The van der Waals surface area contributed by atoms with E-state index >= 15 is 0 Å². The number of ether oxygens (including phenoxy) is 2. The Hall–Kier alpha value is -5.87. The zero-order chi connectivity index (χ0) is 53.0. The van der Waals surface area contributed by atoms with Gasteiger partial charge in [-0.1, -0.05) is 129 Å². The van der Waals surface area contributed by atoms with E-state index in [1.807, 2.05) is 12.1 Å². The second-order valence-electron chi connectivity index (χ2n) is 18.5. The van der Waals surface area contributed by atoms with Crippen LogP contribution >= 0.6 is 0 Å². The lowest BCUT2D eigenvalue weighted by Gasteiger charge is -2.14. The van der Waals surface area contributed by atoms with Crippen LogP contribution in [0.15, 0.2) is 133 Å². The minimum Gasteiger partial charge on any atom is -0.508 e. The molecule has 0 aliphatic carbocycles. The predicted octanol–water partition coefficient (Wildman–Crippen LogP) is 10.5. The second kappa shape index (κ2) is 37.0. The van der Waals surface area contributed by atoms with Crippen molar-refractivity contribution in [1.82, 2.24) is 10.6 Å². The second-order valence-corrected chi connectivity index (χ2v) is 18.5. The largest absolute Gasteiger partial charge is 0.508 e. The van der Waals surface area contributed by atoms with Crippen LogP contribution in [0.5, 0.6) is 17.2 Å². The number of aliphatic hydroxyl groups is 4. The molecule has 0 spiro atoms. The number of benzene rings is 6. The molecular formula is C61H82N2O11. The Balaban J connectivity index is 0.000000255. The highest BCUT2D eigenvalue weighted by atomic mass is 16.5. The van der Waals surface area contributed by atoms with Gasteiger partial charge in [-0.25, -0.2) is 4.79 Å². The molecule has 74 heavy (non-hydrogen) atoms. The van der Waals surface area contributed by atoms with Crippen LogP contribution in [0.25, 0.3) is 10.8 Å². The summed E-state index contributed by atoms with van der Waals surface area (Å²) in [7, 11) is 0. The average molecular weight is 1020 g/mol. The fourth-order valence-corrected chi connectivity index (χ4v) is 8.19. The molecule has 0 aliphatic heterocycles. The molecule has 0 fully saturated rings. The van der Waals surface area contributed by atoms with Crippen molar-refractivity contribution in [3.8, 4) is 17.2 Å². The van der Waals surface area contributed by atoms with Gasteiger partial charge in [0.2, 0.25) is 0 Å². The number of aromatic hydroxyl groups is 3. The highest BCUT2D eigenvalue weighted by molar-refractivity contribution is 6.00. The smallest absolute Gasteiger partial charge is 0.339 e. The average Bonchev–Trinajstić information content (AvgIpc) is 3.42. The molecule has 6 aromatic carbocycles. The standard InChI is InChI=1S/2C25H37NO4.C11H8O3/c2*27-20-23-18-22(13-14-24(23)28)25(29)19-26-15-7-1-2-8-16-30-17-9-6-12-21-10-4-3-5-11-21;12-10-8-4-2-1-3-7(8)5-6-9(10)11(13)14/h2*3-5,10-11,13-14,18,25-29H,1-2,6-9,12,15-17,19-20H2;1-6,12H,(H,13,14). The fraction of sp³-hybridized carbons (Fsp3) is 0.426. The summed E-state index contributed by atoms with van der Waals surface area (Å²) < 4.78 is 11.4. The Kier molecular flexibility index (Phi) is 30.3. The number of carboxylic acids is 1. The van der Waals surface area contributed by atoms with E-state index in [0.717, 1.165) is 122 Å². The summed E-state index contributed by atoms with van der Waals surface area (Å²) in [5.41, 5.74) is 5.00. The maximum atomic E-state index is 10.7. The van der Waals surface area contributed by atoms with Gasteiger partial charge in [-0.2, -0.15) is 0 Å². The summed E-state index contributed by atoms with van der Waals surface area (Å²) in [5, 5.41) is 84.3. The molecule has 2 atom stereocenters. The molecule has 0 aliphatic rings. The van der Waals surface area contributed by atoms with E-state index in [9.17, 15) is 40.5 Å². The van der Waals surface area contributed by atoms with Crippen molar-refractivity contribution in [3.05, 3.63) is 172 Å². The molecule has 0 amide bonds. The maximum Gasteiger partial charge on any atom is 0.339 e. The first-order chi connectivity index (χ1) is 36.1. The first-order valence-corrected chi connectivity index (χ1v) is 26.4. The molecule has 402 valence electrons. The summed E-state index contributed by atoms with van der Waals surface area (Å²) in [6, 6.07) is 41.0.